The van der Waals surface area contributed by atoms with Gasteiger partial charge in [0.05, 0.1) is 0 Å². The van der Waals surface area contributed by atoms with E-state index in [0.29, 0.717) is 18.4 Å². The highest BCUT2D eigenvalue weighted by molar-refractivity contribution is 5.22. The van der Waals surface area contributed by atoms with Crippen LogP contribution in [0.4, 0.5) is 4.39 Å². The highest BCUT2D eigenvalue weighted by atomic mass is 19.1. The maximum absolute atomic E-state index is 12.9. The maximum Gasteiger partial charge on any atom is 0.146 e. The van der Waals surface area contributed by atoms with Crippen LogP contribution in [0.2, 0.25) is 0 Å². The van der Waals surface area contributed by atoms with Crippen LogP contribution in [0.1, 0.15) is 25.7 Å². The maximum atomic E-state index is 12.9. The molecular formula is C13H15FN2O. The number of nitrogens with zero attached hydrogens (tertiary/aromatic N) is 2. The number of halogens is 1. The Hall–Kier alpha value is -1.84. The molecule has 0 unspecified atom stereocenters. The molecule has 0 aliphatic heterocycles. The van der Waals surface area contributed by atoms with E-state index in [4.69, 9.17) is 4.74 Å². The molecule has 2 rings (SSSR count). The molecule has 2 aromatic rings. The van der Waals surface area contributed by atoms with Crippen LogP contribution in [0.3, 0.4) is 0 Å². The van der Waals surface area contributed by atoms with Crippen LogP contribution >= 0.6 is 0 Å². The fourth-order valence-corrected chi connectivity index (χ4v) is 1.63. The van der Waals surface area contributed by atoms with Gasteiger partial charge in [-0.2, -0.15) is 0 Å². The van der Waals surface area contributed by atoms with Crippen molar-refractivity contribution in [1.82, 2.24) is 9.55 Å². The van der Waals surface area contributed by atoms with Crippen molar-refractivity contribution in [3.63, 3.8) is 0 Å². The van der Waals surface area contributed by atoms with E-state index in [2.05, 4.69) is 18.8 Å². The Kier molecular flexibility index (Phi) is 3.42. The summed E-state index contributed by atoms with van der Waals surface area (Å²) in [4.78, 5) is 4.22. The van der Waals surface area contributed by atoms with E-state index in [1.54, 1.807) is 18.3 Å². The number of rotatable bonds is 4. The summed E-state index contributed by atoms with van der Waals surface area (Å²) < 4.78 is 20.5. The van der Waals surface area contributed by atoms with Crippen LogP contribution < -0.4 is 4.74 Å². The average molecular weight is 234 g/mol. The van der Waals surface area contributed by atoms with Gasteiger partial charge in [0.1, 0.15) is 24.0 Å². The number of imidazole rings is 1. The van der Waals surface area contributed by atoms with Gasteiger partial charge in [-0.3, -0.25) is 0 Å². The molecule has 1 aromatic heterocycles. The highest BCUT2D eigenvalue weighted by Gasteiger charge is 2.06. The predicted octanol–water partition coefficient (Wildman–Crippen LogP) is 3.18. The Balaban J connectivity index is 2.05. The van der Waals surface area contributed by atoms with Gasteiger partial charge in [-0.15, -0.1) is 0 Å². The van der Waals surface area contributed by atoms with E-state index >= 15 is 0 Å². The zero-order valence-electron chi connectivity index (χ0n) is 9.93. The molecule has 0 radical (unpaired) electrons. The minimum atomic E-state index is -0.297. The Morgan fingerprint density at radius 3 is 2.94 bits per heavy atom. The lowest BCUT2D eigenvalue weighted by Crippen LogP contribution is -2.08. The lowest BCUT2D eigenvalue weighted by Gasteiger charge is -2.12. The largest absolute Gasteiger partial charge is 0.486 e. The van der Waals surface area contributed by atoms with Gasteiger partial charge in [-0.1, -0.05) is 6.07 Å². The van der Waals surface area contributed by atoms with Crippen molar-refractivity contribution in [3.8, 4) is 5.75 Å². The first-order valence-electron chi connectivity index (χ1n) is 5.57. The summed E-state index contributed by atoms with van der Waals surface area (Å²) in [6.45, 7) is 4.50. The average Bonchev–Trinajstić information content (AvgIpc) is 2.74. The molecule has 1 heterocycles. The van der Waals surface area contributed by atoms with Crippen molar-refractivity contribution < 1.29 is 9.13 Å². The number of ether oxygens (including phenoxy) is 1. The molecule has 0 aliphatic carbocycles. The molecule has 4 heteroatoms. The van der Waals surface area contributed by atoms with Gasteiger partial charge < -0.3 is 9.30 Å². The summed E-state index contributed by atoms with van der Waals surface area (Å²) in [6, 6.07) is 6.44. The second-order valence-corrected chi connectivity index (χ2v) is 4.09. The standard InChI is InChI=1S/C13H15FN2O/c1-10(2)16-7-6-15-13(16)9-17-12-5-3-4-11(14)8-12/h3-8,10H,9H2,1-2H3. The molecule has 90 valence electrons. The number of hydrogen-bond donors (Lipinski definition) is 0. The number of benzene rings is 1. The first kappa shape index (κ1) is 11.6. The second kappa shape index (κ2) is 4.99. The number of hydrogen-bond acceptors (Lipinski definition) is 2. The molecule has 17 heavy (non-hydrogen) atoms. The first-order valence-corrected chi connectivity index (χ1v) is 5.57. The Morgan fingerprint density at radius 1 is 1.41 bits per heavy atom. The highest BCUT2D eigenvalue weighted by Crippen LogP contribution is 2.15. The van der Waals surface area contributed by atoms with Gasteiger partial charge in [0.2, 0.25) is 0 Å². The Morgan fingerprint density at radius 2 is 2.24 bits per heavy atom. The fourth-order valence-electron chi connectivity index (χ4n) is 1.63. The summed E-state index contributed by atoms with van der Waals surface area (Å²) in [5, 5.41) is 0. The molecule has 0 spiro atoms. The third-order valence-electron chi connectivity index (χ3n) is 2.47. The molecule has 0 N–H and O–H groups in total. The van der Waals surface area contributed by atoms with Gasteiger partial charge in [0.15, 0.2) is 0 Å². The minimum Gasteiger partial charge on any atom is -0.486 e. The molecule has 0 saturated heterocycles. The van der Waals surface area contributed by atoms with Gasteiger partial charge in [0, 0.05) is 24.5 Å². The molecule has 0 aliphatic rings. The normalized spacial score (nSPS) is 10.8. The summed E-state index contributed by atoms with van der Waals surface area (Å²) in [5.74, 6) is 1.06. The molecule has 0 amide bonds. The summed E-state index contributed by atoms with van der Waals surface area (Å²) in [6.07, 6.45) is 3.65. The van der Waals surface area contributed by atoms with Gasteiger partial charge in [0.25, 0.3) is 0 Å². The summed E-state index contributed by atoms with van der Waals surface area (Å²) >= 11 is 0. The van der Waals surface area contributed by atoms with Crippen molar-refractivity contribution in [3.05, 3.63) is 48.3 Å². The fraction of sp³-hybridized carbons (Fsp3) is 0.308. The molecule has 1 aromatic carbocycles. The summed E-state index contributed by atoms with van der Waals surface area (Å²) in [5.41, 5.74) is 0. The van der Waals surface area contributed by atoms with Crippen molar-refractivity contribution in [2.75, 3.05) is 0 Å². The van der Waals surface area contributed by atoms with E-state index in [1.807, 2.05) is 10.8 Å². The molecular weight excluding hydrogens is 219 g/mol. The third-order valence-corrected chi connectivity index (χ3v) is 2.47. The predicted molar refractivity (Wildman–Crippen MR) is 63.3 cm³/mol. The SMILES string of the molecule is CC(C)n1ccnc1COc1cccc(F)c1. The van der Waals surface area contributed by atoms with Gasteiger partial charge >= 0.3 is 0 Å². The van der Waals surface area contributed by atoms with Crippen molar-refractivity contribution >= 4 is 0 Å². The molecule has 0 bridgehead atoms. The third kappa shape index (κ3) is 2.84. The Bertz CT molecular complexity index is 494. The lowest BCUT2D eigenvalue weighted by molar-refractivity contribution is 0.285. The van der Waals surface area contributed by atoms with Gasteiger partial charge in [-0.25, -0.2) is 9.37 Å². The topological polar surface area (TPSA) is 27.1 Å². The van der Waals surface area contributed by atoms with E-state index in [-0.39, 0.29) is 5.82 Å². The zero-order chi connectivity index (χ0) is 12.3. The van der Waals surface area contributed by atoms with Crippen LogP contribution in [0.5, 0.6) is 5.75 Å². The minimum absolute atomic E-state index is 0.297. The van der Waals surface area contributed by atoms with Crippen LogP contribution in [0, 0.1) is 5.82 Å². The van der Waals surface area contributed by atoms with E-state index in [0.717, 1.165) is 5.82 Å². The molecule has 0 atom stereocenters. The van der Waals surface area contributed by atoms with Crippen molar-refractivity contribution in [1.29, 1.82) is 0 Å². The van der Waals surface area contributed by atoms with Gasteiger partial charge in [-0.05, 0) is 26.0 Å². The quantitative estimate of drug-likeness (QED) is 0.812. The second-order valence-electron chi connectivity index (χ2n) is 4.09. The van der Waals surface area contributed by atoms with Crippen molar-refractivity contribution in [2.45, 2.75) is 26.5 Å². The Labute approximate surface area is 99.9 Å². The van der Waals surface area contributed by atoms with E-state index in [9.17, 15) is 4.39 Å². The lowest BCUT2D eigenvalue weighted by atomic mass is 10.3. The van der Waals surface area contributed by atoms with Crippen LogP contribution in [-0.4, -0.2) is 9.55 Å². The molecule has 0 fully saturated rings. The molecule has 3 nitrogen and oxygen atoms in total. The van der Waals surface area contributed by atoms with Crippen molar-refractivity contribution in [2.24, 2.45) is 0 Å². The number of aromatic nitrogens is 2. The van der Waals surface area contributed by atoms with Crippen LogP contribution in [0.25, 0.3) is 0 Å². The smallest absolute Gasteiger partial charge is 0.146 e. The van der Waals surface area contributed by atoms with E-state index < -0.39 is 0 Å². The van der Waals surface area contributed by atoms with E-state index in [1.165, 1.54) is 12.1 Å². The van der Waals surface area contributed by atoms with Crippen LogP contribution in [0.15, 0.2) is 36.7 Å². The van der Waals surface area contributed by atoms with Crippen LogP contribution in [-0.2, 0) is 6.61 Å². The monoisotopic (exact) mass is 234 g/mol. The molecule has 0 saturated carbocycles. The zero-order valence-corrected chi connectivity index (χ0v) is 9.93. The summed E-state index contributed by atoms with van der Waals surface area (Å²) in [7, 11) is 0. The first-order chi connectivity index (χ1) is 8.16.